The molecule has 0 aliphatic heterocycles. The van der Waals surface area contributed by atoms with Gasteiger partial charge < -0.3 is 10.4 Å². The molecule has 1 aliphatic carbocycles. The molecule has 0 radical (unpaired) electrons. The zero-order valence-electron chi connectivity index (χ0n) is 11.9. The molecule has 1 saturated carbocycles. The van der Waals surface area contributed by atoms with Gasteiger partial charge >= 0.3 is 5.97 Å². The molecule has 0 spiro atoms. The van der Waals surface area contributed by atoms with E-state index in [-0.39, 0.29) is 17.9 Å². The van der Waals surface area contributed by atoms with Crippen LogP contribution in [0.4, 0.5) is 0 Å². The van der Waals surface area contributed by atoms with Crippen LogP contribution in [0.5, 0.6) is 0 Å². The maximum Gasteiger partial charge on any atom is 0.307 e. The molecule has 1 aromatic carbocycles. The summed E-state index contributed by atoms with van der Waals surface area (Å²) in [6, 6.07) is 7.88. The zero-order chi connectivity index (χ0) is 14.7. The van der Waals surface area contributed by atoms with Crippen molar-refractivity contribution in [2.75, 3.05) is 0 Å². The SMILES string of the molecule is Cc1cccc([C@H](C)NC(=O)C2CCCC2C(=O)O)c1. The Kier molecular flexibility index (Phi) is 4.42. The highest BCUT2D eigenvalue weighted by Crippen LogP contribution is 2.32. The van der Waals surface area contributed by atoms with Gasteiger partial charge in [0.2, 0.25) is 5.91 Å². The maximum atomic E-state index is 12.3. The van der Waals surface area contributed by atoms with E-state index in [1.807, 2.05) is 38.1 Å². The van der Waals surface area contributed by atoms with E-state index in [9.17, 15) is 9.59 Å². The van der Waals surface area contributed by atoms with Crippen LogP contribution < -0.4 is 5.32 Å². The quantitative estimate of drug-likeness (QED) is 0.887. The number of carboxylic acid groups (broad SMARTS) is 1. The summed E-state index contributed by atoms with van der Waals surface area (Å²) in [7, 11) is 0. The second-order valence-electron chi connectivity index (χ2n) is 5.63. The highest BCUT2D eigenvalue weighted by atomic mass is 16.4. The third kappa shape index (κ3) is 3.18. The number of carbonyl (C=O) groups excluding carboxylic acids is 1. The van der Waals surface area contributed by atoms with Gasteiger partial charge in [-0.05, 0) is 32.3 Å². The minimum Gasteiger partial charge on any atom is -0.481 e. The van der Waals surface area contributed by atoms with E-state index < -0.39 is 11.9 Å². The molecule has 4 nitrogen and oxygen atoms in total. The lowest BCUT2D eigenvalue weighted by Crippen LogP contribution is -2.36. The summed E-state index contributed by atoms with van der Waals surface area (Å²) >= 11 is 0. The van der Waals surface area contributed by atoms with Crippen molar-refractivity contribution in [1.82, 2.24) is 5.32 Å². The van der Waals surface area contributed by atoms with Crippen LogP contribution in [0, 0.1) is 18.8 Å². The van der Waals surface area contributed by atoms with Crippen molar-refractivity contribution in [1.29, 1.82) is 0 Å². The second kappa shape index (κ2) is 6.07. The fourth-order valence-electron chi connectivity index (χ4n) is 2.91. The smallest absolute Gasteiger partial charge is 0.307 e. The number of nitrogens with one attached hydrogen (secondary N) is 1. The summed E-state index contributed by atoms with van der Waals surface area (Å²) in [6.45, 7) is 3.94. The van der Waals surface area contributed by atoms with Crippen LogP contribution in [0.3, 0.4) is 0 Å². The molecule has 108 valence electrons. The van der Waals surface area contributed by atoms with Crippen LogP contribution in [0.15, 0.2) is 24.3 Å². The molecule has 1 amide bonds. The number of aryl methyl sites for hydroxylation is 1. The Morgan fingerprint density at radius 1 is 1.30 bits per heavy atom. The first-order valence-electron chi connectivity index (χ1n) is 7.09. The van der Waals surface area contributed by atoms with Crippen molar-refractivity contribution in [2.45, 2.75) is 39.2 Å². The number of hydrogen-bond donors (Lipinski definition) is 2. The first kappa shape index (κ1) is 14.6. The van der Waals surface area contributed by atoms with Gasteiger partial charge in [-0.1, -0.05) is 36.2 Å². The average Bonchev–Trinajstić information content (AvgIpc) is 2.88. The molecule has 0 heterocycles. The lowest BCUT2D eigenvalue weighted by Gasteiger charge is -2.20. The van der Waals surface area contributed by atoms with Crippen LogP contribution in [0.25, 0.3) is 0 Å². The molecule has 0 saturated heterocycles. The van der Waals surface area contributed by atoms with Crippen LogP contribution in [-0.2, 0) is 9.59 Å². The minimum atomic E-state index is -0.856. The summed E-state index contributed by atoms with van der Waals surface area (Å²) < 4.78 is 0. The standard InChI is InChI=1S/C16H21NO3/c1-10-5-3-6-12(9-10)11(2)17-15(18)13-7-4-8-14(13)16(19)20/h3,5-6,9,11,13-14H,4,7-8H2,1-2H3,(H,17,18)(H,19,20)/t11-,13?,14?/m0/s1. The molecule has 1 aliphatic rings. The van der Waals surface area contributed by atoms with Gasteiger partial charge in [-0.15, -0.1) is 0 Å². The zero-order valence-corrected chi connectivity index (χ0v) is 11.9. The largest absolute Gasteiger partial charge is 0.481 e. The molecular weight excluding hydrogens is 254 g/mol. The van der Waals surface area contributed by atoms with E-state index in [1.54, 1.807) is 0 Å². The van der Waals surface area contributed by atoms with Crippen LogP contribution in [0.2, 0.25) is 0 Å². The van der Waals surface area contributed by atoms with Crippen molar-refractivity contribution in [3.63, 3.8) is 0 Å². The highest BCUT2D eigenvalue weighted by molar-refractivity contribution is 5.85. The van der Waals surface area contributed by atoms with E-state index in [2.05, 4.69) is 5.32 Å². The minimum absolute atomic E-state index is 0.0996. The second-order valence-corrected chi connectivity index (χ2v) is 5.63. The number of benzene rings is 1. The molecule has 1 fully saturated rings. The molecule has 2 rings (SSSR count). The summed E-state index contributed by atoms with van der Waals surface area (Å²) in [4.78, 5) is 23.4. The van der Waals surface area contributed by atoms with E-state index in [1.165, 1.54) is 0 Å². The van der Waals surface area contributed by atoms with Crippen molar-refractivity contribution >= 4 is 11.9 Å². The van der Waals surface area contributed by atoms with Crippen molar-refractivity contribution in [3.05, 3.63) is 35.4 Å². The maximum absolute atomic E-state index is 12.3. The van der Waals surface area contributed by atoms with Gasteiger partial charge in [0, 0.05) is 0 Å². The van der Waals surface area contributed by atoms with Crippen LogP contribution in [-0.4, -0.2) is 17.0 Å². The third-order valence-corrected chi connectivity index (χ3v) is 4.07. The molecule has 1 aromatic rings. The number of amides is 1. The number of rotatable bonds is 4. The van der Waals surface area contributed by atoms with Gasteiger partial charge in [-0.3, -0.25) is 9.59 Å². The number of carbonyl (C=O) groups is 2. The predicted molar refractivity (Wildman–Crippen MR) is 76.2 cm³/mol. The lowest BCUT2D eigenvalue weighted by molar-refractivity contribution is -0.146. The number of aliphatic carboxylic acids is 1. The highest BCUT2D eigenvalue weighted by Gasteiger charge is 2.38. The number of carboxylic acids is 1. The molecular formula is C16H21NO3. The first-order chi connectivity index (χ1) is 9.49. The van der Waals surface area contributed by atoms with E-state index >= 15 is 0 Å². The Bertz CT molecular complexity index is 512. The van der Waals surface area contributed by atoms with E-state index in [4.69, 9.17) is 5.11 Å². The first-order valence-corrected chi connectivity index (χ1v) is 7.09. The van der Waals surface area contributed by atoms with Gasteiger partial charge in [0.25, 0.3) is 0 Å². The topological polar surface area (TPSA) is 66.4 Å². The van der Waals surface area contributed by atoms with E-state index in [0.29, 0.717) is 12.8 Å². The fourth-order valence-corrected chi connectivity index (χ4v) is 2.91. The normalized spacial score (nSPS) is 23.3. The van der Waals surface area contributed by atoms with Crippen molar-refractivity contribution in [2.24, 2.45) is 11.8 Å². The molecule has 0 aromatic heterocycles. The summed E-state index contributed by atoms with van der Waals surface area (Å²) in [6.07, 6.45) is 2.09. The van der Waals surface area contributed by atoms with Gasteiger partial charge in [-0.25, -0.2) is 0 Å². The number of hydrogen-bond acceptors (Lipinski definition) is 2. The molecule has 0 bridgehead atoms. The Morgan fingerprint density at radius 2 is 2.00 bits per heavy atom. The Balaban J connectivity index is 2.02. The molecule has 2 N–H and O–H groups in total. The van der Waals surface area contributed by atoms with Crippen molar-refractivity contribution < 1.29 is 14.7 Å². The fraction of sp³-hybridized carbons (Fsp3) is 0.500. The van der Waals surface area contributed by atoms with Crippen LogP contribution in [0.1, 0.15) is 43.4 Å². The van der Waals surface area contributed by atoms with Gasteiger partial charge in [0.05, 0.1) is 17.9 Å². The monoisotopic (exact) mass is 275 g/mol. The van der Waals surface area contributed by atoms with Crippen LogP contribution >= 0.6 is 0 Å². The Labute approximate surface area is 119 Å². The van der Waals surface area contributed by atoms with Gasteiger partial charge in [-0.2, -0.15) is 0 Å². The average molecular weight is 275 g/mol. The van der Waals surface area contributed by atoms with Crippen molar-refractivity contribution in [3.8, 4) is 0 Å². The summed E-state index contributed by atoms with van der Waals surface area (Å²) in [5.41, 5.74) is 2.19. The van der Waals surface area contributed by atoms with E-state index in [0.717, 1.165) is 17.5 Å². The molecule has 4 heteroatoms. The molecule has 20 heavy (non-hydrogen) atoms. The van der Waals surface area contributed by atoms with Gasteiger partial charge in [0.1, 0.15) is 0 Å². The summed E-state index contributed by atoms with van der Waals surface area (Å²) in [5.74, 6) is -1.91. The molecule has 2 unspecified atom stereocenters. The Morgan fingerprint density at radius 3 is 2.65 bits per heavy atom. The Hall–Kier alpha value is -1.84. The lowest BCUT2D eigenvalue weighted by atomic mass is 9.94. The third-order valence-electron chi connectivity index (χ3n) is 4.07. The predicted octanol–water partition coefficient (Wildman–Crippen LogP) is 2.67. The molecule has 3 atom stereocenters. The van der Waals surface area contributed by atoms with Gasteiger partial charge in [0.15, 0.2) is 0 Å². The summed E-state index contributed by atoms with van der Waals surface area (Å²) in [5, 5.41) is 12.1.